The number of fused-ring (bicyclic) bond motifs is 1. The molecule has 176 valence electrons. The maximum absolute atomic E-state index is 12.9. The molecule has 1 amide bonds. The lowest BCUT2D eigenvalue weighted by atomic mass is 10.1. The topological polar surface area (TPSA) is 124 Å². The summed E-state index contributed by atoms with van der Waals surface area (Å²) in [5.41, 5.74) is 2.06. The Kier molecular flexibility index (Phi) is 7.43. The van der Waals surface area contributed by atoms with E-state index in [1.54, 1.807) is 16.3 Å². The van der Waals surface area contributed by atoms with Gasteiger partial charge in [-0.2, -0.15) is 4.98 Å². The van der Waals surface area contributed by atoms with Gasteiger partial charge in [0.15, 0.2) is 16.4 Å². The molecule has 0 aromatic carbocycles. The van der Waals surface area contributed by atoms with Crippen LogP contribution in [-0.2, 0) is 30.6 Å². The highest BCUT2D eigenvalue weighted by Gasteiger charge is 2.36. The number of ether oxygens (including phenoxy) is 1. The number of esters is 1. The van der Waals surface area contributed by atoms with E-state index in [9.17, 15) is 18.0 Å². The zero-order valence-corrected chi connectivity index (χ0v) is 20.6. The molecule has 3 rings (SSSR count). The van der Waals surface area contributed by atoms with Crippen LogP contribution in [-0.4, -0.2) is 81.2 Å². The zero-order valence-electron chi connectivity index (χ0n) is 19.0. The van der Waals surface area contributed by atoms with Gasteiger partial charge in [0.25, 0.3) is 11.7 Å². The molecule has 10 nitrogen and oxygen atoms in total. The third-order valence-corrected chi connectivity index (χ3v) is 8.13. The van der Waals surface area contributed by atoms with Crippen LogP contribution in [0.2, 0.25) is 0 Å². The van der Waals surface area contributed by atoms with E-state index in [2.05, 4.69) is 15.1 Å². The number of thioether (sulfide) groups is 1. The Morgan fingerprint density at radius 3 is 2.62 bits per heavy atom. The van der Waals surface area contributed by atoms with Crippen molar-refractivity contribution in [2.24, 2.45) is 0 Å². The molecule has 0 saturated carbocycles. The lowest BCUT2D eigenvalue weighted by Gasteiger charge is -2.33. The van der Waals surface area contributed by atoms with Gasteiger partial charge in [-0.25, -0.2) is 17.9 Å². The minimum absolute atomic E-state index is 0.0446. The number of rotatable bonds is 8. The average molecular weight is 484 g/mol. The maximum Gasteiger partial charge on any atom is 0.310 e. The summed E-state index contributed by atoms with van der Waals surface area (Å²) in [6, 6.07) is -0.524. The monoisotopic (exact) mass is 483 g/mol. The van der Waals surface area contributed by atoms with Gasteiger partial charge in [-0.1, -0.05) is 18.7 Å². The Morgan fingerprint density at radius 2 is 2.03 bits per heavy atom. The molecule has 0 aliphatic carbocycles. The number of nitrogens with zero attached hydrogens (tertiary/aromatic N) is 5. The molecule has 0 N–H and O–H groups in total. The summed E-state index contributed by atoms with van der Waals surface area (Å²) in [6.45, 7) is 7.01. The van der Waals surface area contributed by atoms with Crippen LogP contribution < -0.4 is 0 Å². The third-order valence-electron chi connectivity index (χ3n) is 5.85. The molecule has 3 heterocycles. The first-order valence-electron chi connectivity index (χ1n) is 10.5. The van der Waals surface area contributed by atoms with Crippen LogP contribution in [0.1, 0.15) is 43.6 Å². The Bertz CT molecular complexity index is 1130. The van der Waals surface area contributed by atoms with E-state index in [1.165, 1.54) is 11.8 Å². The fourth-order valence-electron chi connectivity index (χ4n) is 3.95. The molecular weight excluding hydrogens is 454 g/mol. The molecule has 32 heavy (non-hydrogen) atoms. The predicted octanol–water partition coefficient (Wildman–Crippen LogP) is 1.36. The molecule has 2 aromatic heterocycles. The van der Waals surface area contributed by atoms with Crippen LogP contribution in [0.5, 0.6) is 0 Å². The number of hydrogen-bond acceptors (Lipinski definition) is 9. The van der Waals surface area contributed by atoms with E-state index in [1.807, 2.05) is 27.0 Å². The molecule has 0 bridgehead atoms. The van der Waals surface area contributed by atoms with Crippen molar-refractivity contribution in [2.75, 3.05) is 24.4 Å². The minimum Gasteiger partial charge on any atom is -0.455 e. The number of hydrogen-bond donors (Lipinski definition) is 0. The highest BCUT2D eigenvalue weighted by Crippen LogP contribution is 2.22. The molecule has 1 aliphatic rings. The normalized spacial score (nSPS) is 18.6. The lowest BCUT2D eigenvalue weighted by molar-refractivity contribution is -0.153. The second-order valence-corrected chi connectivity index (χ2v) is 11.0. The third kappa shape index (κ3) is 5.22. The Labute approximate surface area is 192 Å². The summed E-state index contributed by atoms with van der Waals surface area (Å²) < 4.78 is 30.6. The fraction of sp³-hybridized carbons (Fsp3) is 0.650. The number of aromatic nitrogens is 4. The smallest absolute Gasteiger partial charge is 0.310 e. The Hall–Kier alpha value is -2.21. The van der Waals surface area contributed by atoms with Gasteiger partial charge in [-0.3, -0.25) is 9.59 Å². The van der Waals surface area contributed by atoms with Crippen LogP contribution in [0, 0.1) is 13.8 Å². The van der Waals surface area contributed by atoms with Crippen molar-refractivity contribution in [3.05, 3.63) is 17.0 Å². The zero-order chi connectivity index (χ0) is 23.6. The second-order valence-electron chi connectivity index (χ2n) is 8.02. The summed E-state index contributed by atoms with van der Waals surface area (Å²) in [5.74, 6) is -0.437. The summed E-state index contributed by atoms with van der Waals surface area (Å²) in [4.78, 5) is 35.7. The first kappa shape index (κ1) is 24.4. The number of amides is 1. The van der Waals surface area contributed by atoms with Gasteiger partial charge < -0.3 is 9.64 Å². The van der Waals surface area contributed by atoms with Gasteiger partial charge in [0, 0.05) is 29.0 Å². The molecule has 1 aliphatic heterocycles. The highest BCUT2D eigenvalue weighted by atomic mass is 32.2. The molecule has 2 atom stereocenters. The van der Waals surface area contributed by atoms with Crippen LogP contribution in [0.3, 0.4) is 0 Å². The summed E-state index contributed by atoms with van der Waals surface area (Å²) in [7, 11) is -3.14. The van der Waals surface area contributed by atoms with E-state index in [-0.39, 0.29) is 35.9 Å². The van der Waals surface area contributed by atoms with Crippen LogP contribution in [0.15, 0.2) is 5.16 Å². The average Bonchev–Trinajstić information content (AvgIpc) is 3.32. The summed E-state index contributed by atoms with van der Waals surface area (Å²) >= 11 is 1.40. The minimum atomic E-state index is -3.14. The van der Waals surface area contributed by atoms with Crippen molar-refractivity contribution in [3.63, 3.8) is 0 Å². The van der Waals surface area contributed by atoms with Gasteiger partial charge in [0.2, 0.25) is 5.16 Å². The second kappa shape index (κ2) is 9.74. The van der Waals surface area contributed by atoms with Gasteiger partial charge >= 0.3 is 5.97 Å². The predicted molar refractivity (Wildman–Crippen MR) is 120 cm³/mol. The number of carbonyl (C=O) groups excluding carboxylic acids is 2. The standard InChI is InChI=1S/C20H29N5O5S2/c1-6-12(2)24(15-7-8-32(28,29)11-15)17(26)10-30-18(27)9-16-13(3)21-19-22-20(31-5)23-25(19)14(16)4/h12,15H,6-11H2,1-5H3. The van der Waals surface area contributed by atoms with Crippen LogP contribution in [0.25, 0.3) is 5.78 Å². The van der Waals surface area contributed by atoms with Crippen molar-refractivity contribution in [3.8, 4) is 0 Å². The van der Waals surface area contributed by atoms with E-state index in [0.717, 1.165) is 5.69 Å². The molecule has 0 spiro atoms. The Balaban J connectivity index is 1.69. The molecule has 0 radical (unpaired) electrons. The van der Waals surface area contributed by atoms with E-state index in [4.69, 9.17) is 4.74 Å². The maximum atomic E-state index is 12.9. The number of aryl methyl sites for hydroxylation is 2. The molecule has 12 heteroatoms. The highest BCUT2D eigenvalue weighted by molar-refractivity contribution is 7.98. The van der Waals surface area contributed by atoms with E-state index >= 15 is 0 Å². The molecule has 1 fully saturated rings. The molecule has 1 saturated heterocycles. The molecular formula is C20H29N5O5S2. The van der Waals surface area contributed by atoms with Gasteiger partial charge in [-0.05, 0) is 39.9 Å². The number of carbonyl (C=O) groups is 2. The van der Waals surface area contributed by atoms with E-state index in [0.29, 0.717) is 35.0 Å². The summed E-state index contributed by atoms with van der Waals surface area (Å²) in [5, 5.41) is 4.95. The number of sulfone groups is 1. The van der Waals surface area contributed by atoms with Gasteiger partial charge in [0.05, 0.1) is 17.9 Å². The summed E-state index contributed by atoms with van der Waals surface area (Å²) in [6.07, 6.45) is 2.90. The SMILES string of the molecule is CCC(C)N(C(=O)COC(=O)Cc1c(C)nc2nc(SC)nn2c1C)C1CCS(=O)(=O)C1. The first-order chi connectivity index (χ1) is 15.1. The van der Waals surface area contributed by atoms with Crippen molar-refractivity contribution < 1.29 is 22.7 Å². The fourth-order valence-corrected chi connectivity index (χ4v) is 5.99. The lowest BCUT2D eigenvalue weighted by Crippen LogP contribution is -2.48. The van der Waals surface area contributed by atoms with Gasteiger partial charge in [-0.15, -0.1) is 5.10 Å². The van der Waals surface area contributed by atoms with Gasteiger partial charge in [0.1, 0.15) is 0 Å². The largest absolute Gasteiger partial charge is 0.455 e. The Morgan fingerprint density at radius 1 is 1.31 bits per heavy atom. The first-order valence-corrected chi connectivity index (χ1v) is 13.5. The van der Waals surface area contributed by atoms with E-state index < -0.39 is 22.4 Å². The molecule has 2 unspecified atom stereocenters. The van der Waals surface area contributed by atoms with Crippen LogP contribution in [0.4, 0.5) is 0 Å². The van der Waals surface area contributed by atoms with Crippen molar-refractivity contribution in [1.82, 2.24) is 24.5 Å². The molecule has 2 aromatic rings. The quantitative estimate of drug-likeness (QED) is 0.404. The van der Waals surface area contributed by atoms with Crippen LogP contribution >= 0.6 is 11.8 Å². The van der Waals surface area contributed by atoms with Crippen molar-refractivity contribution in [2.45, 2.75) is 64.2 Å². The van der Waals surface area contributed by atoms with Crippen molar-refractivity contribution in [1.29, 1.82) is 0 Å². The van der Waals surface area contributed by atoms with Crippen molar-refractivity contribution >= 4 is 39.3 Å².